The first-order valence-electron chi connectivity index (χ1n) is 5.34. The summed E-state index contributed by atoms with van der Waals surface area (Å²) in [5.41, 5.74) is 3.86. The molecule has 0 saturated carbocycles. The molecular formula is C12H17NO3. The second-order valence-electron chi connectivity index (χ2n) is 4.72. The van der Waals surface area contributed by atoms with E-state index in [1.54, 1.807) is 0 Å². The number of fused-ring (bicyclic) bond motifs is 1. The van der Waals surface area contributed by atoms with E-state index >= 15 is 0 Å². The van der Waals surface area contributed by atoms with E-state index in [2.05, 4.69) is 5.48 Å². The third-order valence-electron chi connectivity index (χ3n) is 2.09. The topological polar surface area (TPSA) is 39.7 Å². The van der Waals surface area contributed by atoms with Crippen molar-refractivity contribution < 1.29 is 14.3 Å². The van der Waals surface area contributed by atoms with E-state index in [1.807, 2.05) is 39.0 Å². The van der Waals surface area contributed by atoms with Crippen molar-refractivity contribution in [3.05, 3.63) is 23.8 Å². The molecule has 1 aliphatic rings. The molecule has 1 aliphatic heterocycles. The smallest absolute Gasteiger partial charge is 0.231 e. The molecule has 1 aromatic carbocycles. The second kappa shape index (κ2) is 4.31. The molecule has 0 aromatic heterocycles. The standard InChI is InChI=1S/C12H17NO3/c1-12(2,3)16-13-7-9-4-5-10-11(6-9)15-8-14-10/h4-6,13H,7-8H2,1-3H3. The summed E-state index contributed by atoms with van der Waals surface area (Å²) in [7, 11) is 0. The molecule has 0 atom stereocenters. The maximum atomic E-state index is 5.43. The van der Waals surface area contributed by atoms with Gasteiger partial charge in [-0.3, -0.25) is 4.84 Å². The number of nitrogens with one attached hydrogen (secondary N) is 1. The maximum absolute atomic E-state index is 5.43. The molecule has 1 heterocycles. The van der Waals surface area contributed by atoms with Crippen LogP contribution >= 0.6 is 0 Å². The predicted octanol–water partition coefficient (Wildman–Crippen LogP) is 2.24. The van der Waals surface area contributed by atoms with Crippen LogP contribution in [0, 0.1) is 0 Å². The van der Waals surface area contributed by atoms with Crippen molar-refractivity contribution in [1.82, 2.24) is 5.48 Å². The fourth-order valence-electron chi connectivity index (χ4n) is 1.39. The zero-order valence-electron chi connectivity index (χ0n) is 9.87. The van der Waals surface area contributed by atoms with Crippen LogP contribution in [-0.2, 0) is 11.4 Å². The van der Waals surface area contributed by atoms with Gasteiger partial charge in [-0.1, -0.05) is 6.07 Å². The Hall–Kier alpha value is -1.26. The first-order valence-corrected chi connectivity index (χ1v) is 5.34. The average molecular weight is 223 g/mol. The minimum absolute atomic E-state index is 0.184. The van der Waals surface area contributed by atoms with Gasteiger partial charge >= 0.3 is 0 Å². The van der Waals surface area contributed by atoms with Crippen molar-refractivity contribution in [3.63, 3.8) is 0 Å². The third-order valence-corrected chi connectivity index (χ3v) is 2.09. The Morgan fingerprint density at radius 2 is 2.00 bits per heavy atom. The molecule has 1 aromatic rings. The van der Waals surface area contributed by atoms with Crippen molar-refractivity contribution >= 4 is 0 Å². The number of benzene rings is 1. The molecule has 2 rings (SSSR count). The number of hydroxylamine groups is 1. The Morgan fingerprint density at radius 1 is 1.25 bits per heavy atom. The van der Waals surface area contributed by atoms with Crippen LogP contribution in [0.1, 0.15) is 26.3 Å². The van der Waals surface area contributed by atoms with Gasteiger partial charge in [-0.05, 0) is 38.5 Å². The molecule has 4 nitrogen and oxygen atoms in total. The first-order chi connectivity index (χ1) is 7.54. The van der Waals surface area contributed by atoms with Crippen LogP contribution in [0.2, 0.25) is 0 Å². The first kappa shape index (κ1) is 11.2. The van der Waals surface area contributed by atoms with Crippen LogP contribution in [-0.4, -0.2) is 12.4 Å². The summed E-state index contributed by atoms with van der Waals surface area (Å²) >= 11 is 0. The number of hydrogen-bond acceptors (Lipinski definition) is 4. The lowest BCUT2D eigenvalue weighted by molar-refractivity contribution is -0.0757. The molecule has 16 heavy (non-hydrogen) atoms. The van der Waals surface area contributed by atoms with Gasteiger partial charge in [0.15, 0.2) is 11.5 Å². The van der Waals surface area contributed by atoms with Crippen LogP contribution in [0.15, 0.2) is 18.2 Å². The van der Waals surface area contributed by atoms with Gasteiger partial charge in [0.05, 0.1) is 5.60 Å². The third kappa shape index (κ3) is 2.87. The summed E-state index contributed by atoms with van der Waals surface area (Å²) < 4.78 is 10.5. The van der Waals surface area contributed by atoms with Gasteiger partial charge in [-0.25, -0.2) is 0 Å². The highest BCUT2D eigenvalue weighted by atomic mass is 16.7. The minimum atomic E-state index is -0.184. The lowest BCUT2D eigenvalue weighted by atomic mass is 10.2. The number of ether oxygens (including phenoxy) is 2. The molecule has 0 spiro atoms. The second-order valence-corrected chi connectivity index (χ2v) is 4.72. The molecule has 0 radical (unpaired) electrons. The summed E-state index contributed by atoms with van der Waals surface area (Å²) in [5, 5.41) is 0. The Kier molecular flexibility index (Phi) is 3.03. The quantitative estimate of drug-likeness (QED) is 0.798. The summed E-state index contributed by atoms with van der Waals surface area (Å²) in [5.74, 6) is 1.61. The molecule has 0 amide bonds. The Labute approximate surface area is 95.5 Å². The van der Waals surface area contributed by atoms with Gasteiger partial charge in [0.25, 0.3) is 0 Å². The Morgan fingerprint density at radius 3 is 2.75 bits per heavy atom. The largest absolute Gasteiger partial charge is 0.454 e. The van der Waals surface area contributed by atoms with Crippen molar-refractivity contribution in [3.8, 4) is 11.5 Å². The van der Waals surface area contributed by atoms with Crippen LogP contribution < -0.4 is 15.0 Å². The van der Waals surface area contributed by atoms with Crippen LogP contribution in [0.5, 0.6) is 11.5 Å². The van der Waals surface area contributed by atoms with Crippen molar-refractivity contribution in [1.29, 1.82) is 0 Å². The summed E-state index contributed by atoms with van der Waals surface area (Å²) in [6.07, 6.45) is 0. The van der Waals surface area contributed by atoms with Gasteiger partial charge in [-0.15, -0.1) is 0 Å². The highest BCUT2D eigenvalue weighted by Crippen LogP contribution is 2.32. The molecule has 1 N–H and O–H groups in total. The van der Waals surface area contributed by atoms with E-state index < -0.39 is 0 Å². The molecule has 0 aliphatic carbocycles. The molecule has 0 bridgehead atoms. The van der Waals surface area contributed by atoms with Gasteiger partial charge in [0, 0.05) is 6.54 Å². The van der Waals surface area contributed by atoms with E-state index in [1.165, 1.54) is 0 Å². The zero-order chi connectivity index (χ0) is 11.6. The molecule has 4 heteroatoms. The number of hydrogen-bond donors (Lipinski definition) is 1. The van der Waals surface area contributed by atoms with Crippen LogP contribution in [0.3, 0.4) is 0 Å². The molecule has 0 unspecified atom stereocenters. The SMILES string of the molecule is CC(C)(C)ONCc1ccc2c(c1)OCO2. The summed E-state index contributed by atoms with van der Waals surface area (Å²) in [6.45, 7) is 6.96. The minimum Gasteiger partial charge on any atom is -0.454 e. The van der Waals surface area contributed by atoms with Crippen molar-refractivity contribution in [2.24, 2.45) is 0 Å². The zero-order valence-corrected chi connectivity index (χ0v) is 9.87. The van der Waals surface area contributed by atoms with Crippen molar-refractivity contribution in [2.75, 3.05) is 6.79 Å². The van der Waals surface area contributed by atoms with Crippen LogP contribution in [0.25, 0.3) is 0 Å². The van der Waals surface area contributed by atoms with Gasteiger partial charge in [0.1, 0.15) is 0 Å². The van der Waals surface area contributed by atoms with Gasteiger partial charge in [0.2, 0.25) is 6.79 Å². The van der Waals surface area contributed by atoms with Crippen molar-refractivity contribution in [2.45, 2.75) is 32.9 Å². The van der Waals surface area contributed by atoms with E-state index in [4.69, 9.17) is 14.3 Å². The molecule has 0 saturated heterocycles. The highest BCUT2D eigenvalue weighted by Gasteiger charge is 2.14. The molecule has 88 valence electrons. The van der Waals surface area contributed by atoms with Crippen LogP contribution in [0.4, 0.5) is 0 Å². The molecule has 0 fully saturated rings. The average Bonchev–Trinajstić information content (AvgIpc) is 2.62. The van der Waals surface area contributed by atoms with Gasteiger partial charge in [-0.2, -0.15) is 5.48 Å². The van der Waals surface area contributed by atoms with Gasteiger partial charge < -0.3 is 9.47 Å². The monoisotopic (exact) mass is 223 g/mol. The normalized spacial score (nSPS) is 14.2. The lowest BCUT2D eigenvalue weighted by Gasteiger charge is -2.19. The van der Waals surface area contributed by atoms with E-state index in [9.17, 15) is 0 Å². The summed E-state index contributed by atoms with van der Waals surface area (Å²) in [4.78, 5) is 5.43. The Balaban J connectivity index is 1.91. The fraction of sp³-hybridized carbons (Fsp3) is 0.500. The fourth-order valence-corrected chi connectivity index (χ4v) is 1.39. The highest BCUT2D eigenvalue weighted by molar-refractivity contribution is 5.44. The molecular weight excluding hydrogens is 206 g/mol. The van der Waals surface area contributed by atoms with E-state index in [0.717, 1.165) is 17.1 Å². The van der Waals surface area contributed by atoms with E-state index in [0.29, 0.717) is 13.3 Å². The lowest BCUT2D eigenvalue weighted by Crippen LogP contribution is -2.28. The predicted molar refractivity (Wildman–Crippen MR) is 60.2 cm³/mol. The maximum Gasteiger partial charge on any atom is 0.231 e. The van der Waals surface area contributed by atoms with E-state index in [-0.39, 0.29) is 5.60 Å². The Bertz CT molecular complexity index is 371. The summed E-state index contributed by atoms with van der Waals surface area (Å²) in [6, 6.07) is 5.87. The number of rotatable bonds is 3.